The zero-order chi connectivity index (χ0) is 22.0. The molecule has 2 fully saturated rings. The number of anilines is 2. The summed E-state index contributed by atoms with van der Waals surface area (Å²) in [5, 5.41) is 13.0. The maximum absolute atomic E-state index is 14.4. The number of carbonyl (C=O) groups excluding carboxylic acids is 1. The third-order valence-corrected chi connectivity index (χ3v) is 6.45. The molecule has 3 atom stereocenters. The highest BCUT2D eigenvalue weighted by atomic mass is 19.1. The zero-order valence-corrected chi connectivity index (χ0v) is 17.8. The number of rotatable bonds is 4. The Balaban J connectivity index is 1.54. The second-order valence-electron chi connectivity index (χ2n) is 8.78. The van der Waals surface area contributed by atoms with Crippen LogP contribution in [0.1, 0.15) is 61.1 Å². The lowest BCUT2D eigenvalue weighted by atomic mass is 9.86. The summed E-state index contributed by atoms with van der Waals surface area (Å²) in [6.07, 6.45) is 7.78. The minimum atomic E-state index is -0.558. The number of hydrogen-bond donors (Lipinski definition) is 3. The summed E-state index contributed by atoms with van der Waals surface area (Å²) in [5.41, 5.74) is 8.00. The van der Waals surface area contributed by atoms with Crippen LogP contribution in [0.4, 0.5) is 15.8 Å². The first kappa shape index (κ1) is 21.6. The first-order valence-electron chi connectivity index (χ1n) is 11.0. The molecule has 31 heavy (non-hydrogen) atoms. The monoisotopic (exact) mass is 427 g/mol. The Morgan fingerprint density at radius 3 is 2.74 bits per heavy atom. The van der Waals surface area contributed by atoms with Gasteiger partial charge in [0.2, 0.25) is 0 Å². The summed E-state index contributed by atoms with van der Waals surface area (Å²) in [6, 6.07) is 4.20. The van der Waals surface area contributed by atoms with Crippen LogP contribution in [0.3, 0.4) is 0 Å². The molecule has 1 amide bonds. The van der Waals surface area contributed by atoms with Gasteiger partial charge in [-0.2, -0.15) is 0 Å². The third-order valence-electron chi connectivity index (χ3n) is 6.45. The van der Waals surface area contributed by atoms with E-state index in [2.05, 4.69) is 15.3 Å². The Kier molecular flexibility index (Phi) is 6.48. The topological polar surface area (TPSA) is 104 Å². The van der Waals surface area contributed by atoms with Crippen LogP contribution in [0.2, 0.25) is 0 Å². The van der Waals surface area contributed by atoms with Gasteiger partial charge in [-0.05, 0) is 31.0 Å². The number of aliphatic hydroxyl groups is 1. The van der Waals surface area contributed by atoms with Crippen LogP contribution in [0.5, 0.6) is 0 Å². The van der Waals surface area contributed by atoms with Crippen LogP contribution in [0.25, 0.3) is 0 Å². The second-order valence-corrected chi connectivity index (χ2v) is 8.78. The van der Waals surface area contributed by atoms with Gasteiger partial charge in [0, 0.05) is 37.2 Å². The number of aliphatic hydroxyl groups excluding tert-OH is 1. The van der Waals surface area contributed by atoms with E-state index in [4.69, 9.17) is 5.73 Å². The molecule has 2 aliphatic rings. The van der Waals surface area contributed by atoms with Gasteiger partial charge >= 0.3 is 0 Å². The van der Waals surface area contributed by atoms with Crippen molar-refractivity contribution in [3.8, 4) is 0 Å². The van der Waals surface area contributed by atoms with Crippen LogP contribution in [0.15, 0.2) is 30.6 Å². The first-order valence-corrected chi connectivity index (χ1v) is 11.0. The number of aromatic nitrogens is 2. The molecule has 2 aromatic heterocycles. The Morgan fingerprint density at radius 2 is 2.00 bits per heavy atom. The van der Waals surface area contributed by atoms with Crippen molar-refractivity contribution < 1.29 is 14.3 Å². The predicted molar refractivity (Wildman–Crippen MR) is 118 cm³/mol. The minimum Gasteiger partial charge on any atom is -0.391 e. The average Bonchev–Trinajstić information content (AvgIpc) is 2.78. The van der Waals surface area contributed by atoms with E-state index < -0.39 is 12.0 Å². The summed E-state index contributed by atoms with van der Waals surface area (Å²) in [4.78, 5) is 23.6. The Hall–Kier alpha value is -2.58. The summed E-state index contributed by atoms with van der Waals surface area (Å²) < 4.78 is 14.4. The molecule has 1 aliphatic heterocycles. The van der Waals surface area contributed by atoms with Gasteiger partial charge in [-0.15, -0.1) is 0 Å². The molecule has 0 radical (unpaired) electrons. The van der Waals surface area contributed by atoms with Crippen molar-refractivity contribution in [3.05, 3.63) is 47.8 Å². The molecular weight excluding hydrogens is 397 g/mol. The van der Waals surface area contributed by atoms with E-state index in [0.29, 0.717) is 24.5 Å². The molecular formula is C23H30FN5O2. The maximum atomic E-state index is 14.4. The number of hydrogen-bond acceptors (Lipinski definition) is 6. The van der Waals surface area contributed by atoms with Gasteiger partial charge < -0.3 is 21.1 Å². The fraction of sp³-hybridized carbons (Fsp3) is 0.522. The largest absolute Gasteiger partial charge is 0.391 e. The number of halogens is 1. The van der Waals surface area contributed by atoms with E-state index in [1.165, 1.54) is 12.1 Å². The Morgan fingerprint density at radius 1 is 1.23 bits per heavy atom. The number of nitrogens with two attached hydrogens (primary N) is 1. The highest BCUT2D eigenvalue weighted by Crippen LogP contribution is 2.33. The van der Waals surface area contributed by atoms with Crippen molar-refractivity contribution in [2.75, 3.05) is 23.3 Å². The zero-order valence-electron chi connectivity index (χ0n) is 17.8. The summed E-state index contributed by atoms with van der Waals surface area (Å²) in [5.74, 6) is -0.684. The Labute approximate surface area is 181 Å². The van der Waals surface area contributed by atoms with E-state index in [1.54, 1.807) is 12.4 Å². The number of nitrogens with one attached hydrogen (secondary N) is 1. The quantitative estimate of drug-likeness (QED) is 0.693. The van der Waals surface area contributed by atoms with Gasteiger partial charge in [-0.25, -0.2) is 9.37 Å². The van der Waals surface area contributed by atoms with Crippen molar-refractivity contribution in [2.24, 2.45) is 11.7 Å². The lowest BCUT2D eigenvalue weighted by molar-refractivity contribution is 0.0785. The lowest BCUT2D eigenvalue weighted by Crippen LogP contribution is -2.55. The van der Waals surface area contributed by atoms with Crippen LogP contribution in [0, 0.1) is 11.7 Å². The van der Waals surface area contributed by atoms with Crippen LogP contribution >= 0.6 is 0 Å². The molecule has 1 saturated carbocycles. The number of pyridine rings is 2. The van der Waals surface area contributed by atoms with Crippen LogP contribution < -0.4 is 16.0 Å². The van der Waals surface area contributed by atoms with E-state index in [1.807, 2.05) is 17.9 Å². The smallest absolute Gasteiger partial charge is 0.274 e. The van der Waals surface area contributed by atoms with Gasteiger partial charge in [0.15, 0.2) is 0 Å². The SMILES string of the molecule is C[C@H]1CN(c2ccncc2NC(=O)c2ccc(F)c(C3CCCCC3)n2)C[C@@H](N)[C@@H]1O. The number of carbonyl (C=O) groups is 1. The van der Waals surface area contributed by atoms with E-state index in [9.17, 15) is 14.3 Å². The molecule has 3 heterocycles. The molecule has 8 heteroatoms. The molecule has 166 valence electrons. The van der Waals surface area contributed by atoms with Gasteiger partial charge in [0.25, 0.3) is 5.91 Å². The second kappa shape index (κ2) is 9.28. The molecule has 0 unspecified atom stereocenters. The number of amides is 1. The fourth-order valence-corrected chi connectivity index (χ4v) is 4.70. The molecule has 0 aromatic carbocycles. The predicted octanol–water partition coefficient (Wildman–Crippen LogP) is 3.06. The summed E-state index contributed by atoms with van der Waals surface area (Å²) in [6.45, 7) is 3.03. The molecule has 1 aliphatic carbocycles. The lowest BCUT2D eigenvalue weighted by Gasteiger charge is -2.40. The molecule has 4 N–H and O–H groups in total. The van der Waals surface area contributed by atoms with Crippen molar-refractivity contribution in [1.82, 2.24) is 9.97 Å². The molecule has 2 aromatic rings. The van der Waals surface area contributed by atoms with Crippen LogP contribution in [-0.2, 0) is 0 Å². The van der Waals surface area contributed by atoms with E-state index in [0.717, 1.165) is 37.8 Å². The average molecular weight is 428 g/mol. The molecule has 0 spiro atoms. The maximum Gasteiger partial charge on any atom is 0.274 e. The fourth-order valence-electron chi connectivity index (χ4n) is 4.70. The normalized spacial score (nSPS) is 24.8. The summed E-state index contributed by atoms with van der Waals surface area (Å²) >= 11 is 0. The first-order chi connectivity index (χ1) is 14.9. The minimum absolute atomic E-state index is 0.00252. The molecule has 7 nitrogen and oxygen atoms in total. The van der Waals surface area contributed by atoms with Crippen molar-refractivity contribution in [1.29, 1.82) is 0 Å². The van der Waals surface area contributed by atoms with Gasteiger partial charge in [-0.3, -0.25) is 9.78 Å². The molecule has 1 saturated heterocycles. The standard InChI is InChI=1S/C23H30FN5O2/c1-14-12-29(13-17(25)22(14)30)20-9-10-26-11-19(20)28-23(31)18-8-7-16(24)21(27-18)15-5-3-2-4-6-15/h7-11,14-15,17,22,30H,2-6,12-13,25H2,1H3,(H,28,31)/t14-,17+,22+/m0/s1. The van der Waals surface area contributed by atoms with Gasteiger partial charge in [0.05, 0.1) is 29.4 Å². The highest BCUT2D eigenvalue weighted by molar-refractivity contribution is 6.04. The third kappa shape index (κ3) is 4.70. The Bertz CT molecular complexity index is 922. The van der Waals surface area contributed by atoms with Gasteiger partial charge in [0.1, 0.15) is 11.5 Å². The van der Waals surface area contributed by atoms with Crippen molar-refractivity contribution >= 4 is 17.3 Å². The number of piperidine rings is 1. The van der Waals surface area contributed by atoms with E-state index in [-0.39, 0.29) is 29.4 Å². The van der Waals surface area contributed by atoms with Crippen molar-refractivity contribution in [3.63, 3.8) is 0 Å². The van der Waals surface area contributed by atoms with E-state index >= 15 is 0 Å². The van der Waals surface area contributed by atoms with Gasteiger partial charge in [-0.1, -0.05) is 26.2 Å². The van der Waals surface area contributed by atoms with Crippen molar-refractivity contribution in [2.45, 2.75) is 57.1 Å². The number of nitrogens with zero attached hydrogens (tertiary/aromatic N) is 3. The van der Waals surface area contributed by atoms with Crippen LogP contribution in [-0.4, -0.2) is 46.2 Å². The highest BCUT2D eigenvalue weighted by Gasteiger charge is 2.32. The summed E-state index contributed by atoms with van der Waals surface area (Å²) in [7, 11) is 0. The molecule has 0 bridgehead atoms. The molecule has 4 rings (SSSR count).